The molecule has 7 nitrogen and oxygen atoms in total. The number of likely N-dealkylation sites (tertiary alicyclic amines) is 1. The van der Waals surface area contributed by atoms with Crippen molar-refractivity contribution in [2.24, 2.45) is 0 Å². The molecule has 1 N–H and O–H groups in total. The molecule has 4 rings (SSSR count). The number of amides is 1. The van der Waals surface area contributed by atoms with Crippen molar-refractivity contribution < 1.29 is 24.2 Å². The number of carbonyl (C=O) groups excluding carboxylic acids is 2. The van der Waals surface area contributed by atoms with Gasteiger partial charge in [0.15, 0.2) is 0 Å². The Kier molecular flexibility index (Phi) is 8.67. The van der Waals surface area contributed by atoms with Crippen LogP contribution in [0.1, 0.15) is 55.5 Å². The van der Waals surface area contributed by atoms with Gasteiger partial charge in [0.2, 0.25) is 0 Å². The van der Waals surface area contributed by atoms with E-state index in [1.807, 2.05) is 45.0 Å². The van der Waals surface area contributed by atoms with E-state index in [4.69, 9.17) is 9.47 Å². The molecule has 0 aliphatic carbocycles. The van der Waals surface area contributed by atoms with Gasteiger partial charge in [0.1, 0.15) is 11.5 Å². The molecule has 0 spiro atoms. The minimum atomic E-state index is -0.645. The fraction of sp³-hybridized carbons (Fsp3) is 0.467. The Hall–Kier alpha value is -3.16. The number of aliphatic hydroxyl groups is 1. The molecule has 0 aromatic heterocycles. The van der Waals surface area contributed by atoms with Crippen molar-refractivity contribution in [1.29, 1.82) is 0 Å². The largest absolute Gasteiger partial charge is 0.507 e. The highest BCUT2D eigenvalue weighted by Gasteiger charge is 2.45. The first-order chi connectivity index (χ1) is 17.8. The summed E-state index contributed by atoms with van der Waals surface area (Å²) >= 11 is 0. The summed E-state index contributed by atoms with van der Waals surface area (Å²) in [6, 6.07) is 12.7. The minimum Gasteiger partial charge on any atom is -0.507 e. The molecule has 2 fully saturated rings. The van der Waals surface area contributed by atoms with Gasteiger partial charge in [-0.05, 0) is 68.5 Å². The molecule has 37 heavy (non-hydrogen) atoms. The van der Waals surface area contributed by atoms with E-state index in [9.17, 15) is 14.7 Å². The number of benzene rings is 2. The first-order valence-corrected chi connectivity index (χ1v) is 13.2. The van der Waals surface area contributed by atoms with Crippen LogP contribution in [0.4, 0.5) is 0 Å². The third-order valence-electron chi connectivity index (χ3n) is 7.03. The smallest absolute Gasteiger partial charge is 0.295 e. The SMILES string of the molecule is CCc1ccc([C@H]2/C(=C(\O)c3ccc(OC(C)C)c(C)c3)C(=O)C(=O)N2CCCN2CCOCC2)cc1. The van der Waals surface area contributed by atoms with Crippen LogP contribution in [0.5, 0.6) is 5.75 Å². The van der Waals surface area contributed by atoms with Gasteiger partial charge in [0, 0.05) is 31.7 Å². The molecule has 2 aromatic carbocycles. The summed E-state index contributed by atoms with van der Waals surface area (Å²) in [5, 5.41) is 11.4. The Morgan fingerprint density at radius 2 is 1.78 bits per heavy atom. The second-order valence-electron chi connectivity index (χ2n) is 10.0. The molecule has 2 saturated heterocycles. The summed E-state index contributed by atoms with van der Waals surface area (Å²) < 4.78 is 11.3. The van der Waals surface area contributed by atoms with E-state index >= 15 is 0 Å². The summed E-state index contributed by atoms with van der Waals surface area (Å²) in [4.78, 5) is 30.5. The third kappa shape index (κ3) is 6.05. The van der Waals surface area contributed by atoms with Crippen molar-refractivity contribution >= 4 is 17.4 Å². The molecule has 2 aromatic rings. The Balaban J connectivity index is 1.68. The number of morpholine rings is 1. The molecule has 0 saturated carbocycles. The molecule has 0 bridgehead atoms. The number of hydrogen-bond donors (Lipinski definition) is 1. The second kappa shape index (κ2) is 11.9. The summed E-state index contributed by atoms with van der Waals surface area (Å²) in [6.45, 7) is 12.3. The number of rotatable bonds is 9. The lowest BCUT2D eigenvalue weighted by molar-refractivity contribution is -0.140. The number of Topliss-reactive ketones (excluding diaryl/α,β-unsaturated/α-hetero) is 1. The fourth-order valence-corrected chi connectivity index (χ4v) is 5.02. The third-order valence-corrected chi connectivity index (χ3v) is 7.03. The highest BCUT2D eigenvalue weighted by atomic mass is 16.5. The van der Waals surface area contributed by atoms with Crippen LogP contribution < -0.4 is 4.74 Å². The summed E-state index contributed by atoms with van der Waals surface area (Å²) in [5.74, 6) is -0.641. The van der Waals surface area contributed by atoms with Gasteiger partial charge in [0.05, 0.1) is 30.9 Å². The van der Waals surface area contributed by atoms with E-state index in [2.05, 4.69) is 11.8 Å². The van der Waals surface area contributed by atoms with Crippen molar-refractivity contribution in [3.63, 3.8) is 0 Å². The standard InChI is InChI=1S/C30H38N2O5/c1-5-22-7-9-23(10-8-22)27-26(28(33)24-11-12-25(21(4)19-24)37-20(2)3)29(34)30(35)32(27)14-6-13-31-15-17-36-18-16-31/h7-12,19-20,27,33H,5-6,13-18H2,1-4H3/b28-26+/t27-/m0/s1. The zero-order valence-electron chi connectivity index (χ0n) is 22.3. The highest BCUT2D eigenvalue weighted by molar-refractivity contribution is 6.46. The van der Waals surface area contributed by atoms with Crippen LogP contribution in [0.2, 0.25) is 0 Å². The van der Waals surface area contributed by atoms with Gasteiger partial charge in [0.25, 0.3) is 11.7 Å². The van der Waals surface area contributed by atoms with Gasteiger partial charge in [-0.25, -0.2) is 0 Å². The molecular formula is C30H38N2O5. The maximum atomic E-state index is 13.3. The molecule has 1 amide bonds. The van der Waals surface area contributed by atoms with Crippen LogP contribution in [-0.2, 0) is 20.7 Å². The lowest BCUT2D eigenvalue weighted by Gasteiger charge is -2.29. The Bertz CT molecular complexity index is 1150. The van der Waals surface area contributed by atoms with Crippen LogP contribution in [-0.4, -0.2) is 72.1 Å². The van der Waals surface area contributed by atoms with E-state index in [0.29, 0.717) is 25.3 Å². The topological polar surface area (TPSA) is 79.3 Å². The second-order valence-corrected chi connectivity index (χ2v) is 10.0. The Labute approximate surface area is 219 Å². The number of aryl methyl sites for hydroxylation is 2. The van der Waals surface area contributed by atoms with Crippen molar-refractivity contribution in [3.05, 3.63) is 70.3 Å². The first-order valence-electron chi connectivity index (χ1n) is 13.2. The monoisotopic (exact) mass is 506 g/mol. The molecule has 1 atom stereocenters. The summed E-state index contributed by atoms with van der Waals surface area (Å²) in [7, 11) is 0. The maximum absolute atomic E-state index is 13.3. The minimum absolute atomic E-state index is 0.0204. The Morgan fingerprint density at radius 3 is 2.41 bits per heavy atom. The van der Waals surface area contributed by atoms with Crippen LogP contribution in [0, 0.1) is 6.92 Å². The van der Waals surface area contributed by atoms with Gasteiger partial charge in [-0.2, -0.15) is 0 Å². The molecule has 2 aliphatic rings. The zero-order chi connectivity index (χ0) is 26.5. The molecule has 2 aliphatic heterocycles. The predicted octanol–water partition coefficient (Wildman–Crippen LogP) is 4.49. The van der Waals surface area contributed by atoms with Gasteiger partial charge in [-0.1, -0.05) is 31.2 Å². The van der Waals surface area contributed by atoms with Crippen LogP contribution in [0.15, 0.2) is 48.0 Å². The van der Waals surface area contributed by atoms with Crippen molar-refractivity contribution in [2.75, 3.05) is 39.4 Å². The summed E-state index contributed by atoms with van der Waals surface area (Å²) in [5.41, 5.74) is 3.47. The van der Waals surface area contributed by atoms with Crippen LogP contribution >= 0.6 is 0 Å². The van der Waals surface area contributed by atoms with Gasteiger partial charge < -0.3 is 19.5 Å². The van der Waals surface area contributed by atoms with E-state index in [-0.39, 0.29) is 17.4 Å². The van der Waals surface area contributed by atoms with Crippen molar-refractivity contribution in [3.8, 4) is 5.75 Å². The average molecular weight is 507 g/mol. The Morgan fingerprint density at radius 1 is 1.08 bits per heavy atom. The molecule has 0 unspecified atom stereocenters. The maximum Gasteiger partial charge on any atom is 0.295 e. The highest BCUT2D eigenvalue weighted by Crippen LogP contribution is 2.40. The lowest BCUT2D eigenvalue weighted by Crippen LogP contribution is -2.38. The average Bonchev–Trinajstić information content (AvgIpc) is 3.15. The van der Waals surface area contributed by atoms with Crippen molar-refractivity contribution in [1.82, 2.24) is 9.80 Å². The van der Waals surface area contributed by atoms with Gasteiger partial charge in [-0.3, -0.25) is 14.5 Å². The molecule has 198 valence electrons. The van der Waals surface area contributed by atoms with E-state index in [1.165, 1.54) is 5.56 Å². The zero-order valence-corrected chi connectivity index (χ0v) is 22.3. The molecule has 2 heterocycles. The quantitative estimate of drug-likeness (QED) is 0.307. The first kappa shape index (κ1) is 26.9. The number of carbonyl (C=O) groups is 2. The number of aliphatic hydroxyl groups excluding tert-OH is 1. The number of hydrogen-bond acceptors (Lipinski definition) is 6. The lowest BCUT2D eigenvalue weighted by atomic mass is 9.94. The van der Waals surface area contributed by atoms with Gasteiger partial charge >= 0.3 is 0 Å². The van der Waals surface area contributed by atoms with E-state index < -0.39 is 17.7 Å². The number of nitrogens with zero attached hydrogens (tertiary/aromatic N) is 2. The van der Waals surface area contributed by atoms with E-state index in [0.717, 1.165) is 49.4 Å². The van der Waals surface area contributed by atoms with Crippen molar-refractivity contribution in [2.45, 2.75) is 52.7 Å². The molecule has 7 heteroatoms. The molecule has 0 radical (unpaired) electrons. The van der Waals surface area contributed by atoms with Gasteiger partial charge in [-0.15, -0.1) is 0 Å². The number of ether oxygens (including phenoxy) is 2. The normalized spacial score (nSPS) is 20.1. The van der Waals surface area contributed by atoms with Crippen LogP contribution in [0.3, 0.4) is 0 Å². The molecular weight excluding hydrogens is 468 g/mol. The van der Waals surface area contributed by atoms with Crippen LogP contribution in [0.25, 0.3) is 5.76 Å². The predicted molar refractivity (Wildman–Crippen MR) is 144 cm³/mol. The number of ketones is 1. The summed E-state index contributed by atoms with van der Waals surface area (Å²) in [6.07, 6.45) is 1.65. The van der Waals surface area contributed by atoms with E-state index in [1.54, 1.807) is 23.1 Å². The fourth-order valence-electron chi connectivity index (χ4n) is 5.02.